The second kappa shape index (κ2) is 7.10. The second-order valence-electron chi connectivity index (χ2n) is 15.7. The molecule has 204 valence electrons. The van der Waals surface area contributed by atoms with Crippen molar-refractivity contribution in [3.05, 3.63) is 11.6 Å². The maximum atomic E-state index is 14.5. The molecule has 0 aromatic rings. The molecule has 5 aliphatic carbocycles. The van der Waals surface area contributed by atoms with Crippen molar-refractivity contribution in [1.82, 2.24) is 0 Å². The molecule has 6 aliphatic rings. The van der Waals surface area contributed by atoms with Gasteiger partial charge in [0.1, 0.15) is 11.7 Å². The fourth-order valence-electron chi connectivity index (χ4n) is 11.3. The van der Waals surface area contributed by atoms with Crippen molar-refractivity contribution >= 4 is 17.7 Å². The van der Waals surface area contributed by atoms with E-state index in [1.165, 1.54) is 6.92 Å². The third-order valence-corrected chi connectivity index (χ3v) is 13.7. The molecule has 5 heteroatoms. The summed E-state index contributed by atoms with van der Waals surface area (Å²) in [5, 5.41) is 0. The van der Waals surface area contributed by atoms with Crippen LogP contribution in [0.5, 0.6) is 0 Å². The molecule has 0 aromatic carbocycles. The molecule has 37 heavy (non-hydrogen) atoms. The molecule has 5 nitrogen and oxygen atoms in total. The summed E-state index contributed by atoms with van der Waals surface area (Å²) in [6.07, 6.45) is 10.2. The van der Waals surface area contributed by atoms with Crippen LogP contribution in [0.25, 0.3) is 0 Å². The van der Waals surface area contributed by atoms with Gasteiger partial charge in [0.15, 0.2) is 5.78 Å². The first-order valence-corrected chi connectivity index (χ1v) is 14.7. The maximum Gasteiger partial charge on any atom is 0.312 e. The minimum atomic E-state index is -0.655. The van der Waals surface area contributed by atoms with Crippen molar-refractivity contribution in [2.45, 2.75) is 125 Å². The number of ketones is 1. The molecule has 0 radical (unpaired) electrons. The Morgan fingerprint density at radius 3 is 2.27 bits per heavy atom. The largest absolute Gasteiger partial charge is 0.462 e. The van der Waals surface area contributed by atoms with Crippen LogP contribution in [0.1, 0.15) is 113 Å². The lowest BCUT2D eigenvalue weighted by Crippen LogP contribution is -2.69. The lowest BCUT2D eigenvalue weighted by Gasteiger charge is -2.71. The van der Waals surface area contributed by atoms with Crippen molar-refractivity contribution in [3.63, 3.8) is 0 Å². The van der Waals surface area contributed by atoms with Crippen molar-refractivity contribution in [2.75, 3.05) is 0 Å². The molecule has 0 N–H and O–H groups in total. The van der Waals surface area contributed by atoms with Gasteiger partial charge in [0.25, 0.3) is 0 Å². The molecule has 1 aliphatic heterocycles. The van der Waals surface area contributed by atoms with Gasteiger partial charge in [-0.3, -0.25) is 14.4 Å². The number of fused-ring (bicyclic) bond motifs is 6. The van der Waals surface area contributed by atoms with E-state index in [0.717, 1.165) is 56.9 Å². The van der Waals surface area contributed by atoms with E-state index in [1.54, 1.807) is 0 Å². The highest BCUT2D eigenvalue weighted by molar-refractivity contribution is 5.96. The predicted octanol–water partition coefficient (Wildman–Crippen LogP) is 6.58. The number of hydrogen-bond donors (Lipinski definition) is 0. The highest BCUT2D eigenvalue weighted by atomic mass is 16.6. The van der Waals surface area contributed by atoms with Gasteiger partial charge < -0.3 is 9.47 Å². The fraction of sp³-hybridized carbons (Fsp3) is 0.844. The van der Waals surface area contributed by atoms with Gasteiger partial charge in [-0.05, 0) is 92.1 Å². The normalized spacial score (nSPS) is 53.6. The van der Waals surface area contributed by atoms with Crippen LogP contribution in [0.3, 0.4) is 0 Å². The van der Waals surface area contributed by atoms with Gasteiger partial charge in [0, 0.05) is 30.1 Å². The number of hydrogen-bond acceptors (Lipinski definition) is 5. The zero-order valence-corrected chi connectivity index (χ0v) is 24.2. The van der Waals surface area contributed by atoms with Crippen LogP contribution in [0, 0.1) is 44.3 Å². The SMILES string of the molecule is CC(=O)O[C@H]1CC[C@@]2(C)[C@H](CC[C@]3(C)[C@@H]2C(=O)C=C2[C@@]3(C)CC[C@@]3(C)CC[C@@]4(C)C[C@@]23OC4=O)C1(C)C. The van der Waals surface area contributed by atoms with Crippen molar-refractivity contribution in [2.24, 2.45) is 44.3 Å². The summed E-state index contributed by atoms with van der Waals surface area (Å²) < 4.78 is 12.3. The Kier molecular flexibility index (Phi) is 4.92. The number of ether oxygens (including phenoxy) is 2. The van der Waals surface area contributed by atoms with Crippen LogP contribution in [0.15, 0.2) is 11.6 Å². The quantitative estimate of drug-likeness (QED) is 0.373. The van der Waals surface area contributed by atoms with Crippen LogP contribution in [0.2, 0.25) is 0 Å². The van der Waals surface area contributed by atoms with Crippen molar-refractivity contribution < 1.29 is 23.9 Å². The third kappa shape index (κ3) is 2.80. The Labute approximate surface area is 222 Å². The molecule has 0 aromatic heterocycles. The van der Waals surface area contributed by atoms with Crippen LogP contribution in [-0.4, -0.2) is 29.4 Å². The fourth-order valence-corrected chi connectivity index (χ4v) is 11.3. The summed E-state index contributed by atoms with van der Waals surface area (Å²) in [4.78, 5) is 39.6. The number of rotatable bonds is 1. The third-order valence-electron chi connectivity index (χ3n) is 13.7. The summed E-state index contributed by atoms with van der Waals surface area (Å²) in [5.74, 6) is 0.164. The molecule has 1 heterocycles. The molecule has 0 unspecified atom stereocenters. The van der Waals surface area contributed by atoms with E-state index in [4.69, 9.17) is 9.47 Å². The molecule has 1 saturated heterocycles. The van der Waals surface area contributed by atoms with Gasteiger partial charge in [-0.15, -0.1) is 0 Å². The van der Waals surface area contributed by atoms with E-state index < -0.39 is 11.0 Å². The van der Waals surface area contributed by atoms with E-state index in [0.29, 0.717) is 12.3 Å². The Hall–Kier alpha value is -1.65. The molecular formula is C32H46O5. The minimum Gasteiger partial charge on any atom is -0.462 e. The van der Waals surface area contributed by atoms with Crippen LogP contribution < -0.4 is 0 Å². The van der Waals surface area contributed by atoms with Crippen LogP contribution in [0.4, 0.5) is 0 Å². The second-order valence-corrected chi connectivity index (χ2v) is 15.7. The summed E-state index contributed by atoms with van der Waals surface area (Å²) in [6, 6.07) is 0. The molecule has 9 atom stereocenters. The van der Waals surface area contributed by atoms with Gasteiger partial charge in [-0.25, -0.2) is 0 Å². The van der Waals surface area contributed by atoms with E-state index >= 15 is 0 Å². The number of carbonyl (C=O) groups excluding carboxylic acids is 3. The molecule has 2 bridgehead atoms. The highest BCUT2D eigenvalue weighted by Gasteiger charge is 2.76. The summed E-state index contributed by atoms with van der Waals surface area (Å²) >= 11 is 0. The zero-order chi connectivity index (χ0) is 27.0. The van der Waals surface area contributed by atoms with Crippen molar-refractivity contribution in [3.8, 4) is 0 Å². The minimum absolute atomic E-state index is 0.0673. The standard InChI is InChI=1S/C32H46O5/c1-19(33)36-23-10-11-29(6)21(26(23,2)3)9-12-31(8)24(29)20(34)17-22-30(31,7)16-15-28(5)14-13-27(4)18-32(22,28)37-25(27)35/h17,21,23-24H,9-16,18H2,1-8H3/t21-,23+,24-,27+,28-,29+,30-,31-,32-/m1/s1. The Balaban J connectivity index is 1.47. The monoisotopic (exact) mass is 510 g/mol. The molecule has 6 rings (SSSR count). The Bertz CT molecular complexity index is 1140. The first-order chi connectivity index (χ1) is 17.0. The van der Waals surface area contributed by atoms with Crippen LogP contribution in [-0.2, 0) is 23.9 Å². The topological polar surface area (TPSA) is 69.7 Å². The van der Waals surface area contributed by atoms with E-state index in [1.807, 2.05) is 6.08 Å². The number of allylic oxidation sites excluding steroid dienone is 1. The molecule has 5 fully saturated rings. The lowest BCUT2D eigenvalue weighted by molar-refractivity contribution is -0.217. The molecule has 1 spiro atoms. The predicted molar refractivity (Wildman–Crippen MR) is 140 cm³/mol. The van der Waals surface area contributed by atoms with Gasteiger partial charge in [0.05, 0.1) is 5.41 Å². The highest BCUT2D eigenvalue weighted by Crippen LogP contribution is 2.77. The average molecular weight is 511 g/mol. The molecule has 0 amide bonds. The van der Waals surface area contributed by atoms with E-state index in [9.17, 15) is 14.4 Å². The average Bonchev–Trinajstić information content (AvgIpc) is 3.02. The van der Waals surface area contributed by atoms with Crippen LogP contribution >= 0.6 is 0 Å². The first kappa shape index (κ1) is 25.6. The lowest BCUT2D eigenvalue weighted by atomic mass is 9.33. The smallest absolute Gasteiger partial charge is 0.312 e. The summed E-state index contributed by atoms with van der Waals surface area (Å²) in [5.41, 5.74) is -0.841. The molecule has 4 saturated carbocycles. The van der Waals surface area contributed by atoms with Crippen molar-refractivity contribution in [1.29, 1.82) is 0 Å². The van der Waals surface area contributed by atoms with Gasteiger partial charge in [-0.2, -0.15) is 0 Å². The van der Waals surface area contributed by atoms with E-state index in [-0.39, 0.29) is 56.8 Å². The summed E-state index contributed by atoms with van der Waals surface area (Å²) in [6.45, 7) is 17.5. The number of carbonyl (C=O) groups is 3. The Morgan fingerprint density at radius 1 is 0.919 bits per heavy atom. The number of esters is 2. The van der Waals surface area contributed by atoms with E-state index in [2.05, 4.69) is 48.5 Å². The van der Waals surface area contributed by atoms with Gasteiger partial charge in [0.2, 0.25) is 0 Å². The van der Waals surface area contributed by atoms with Gasteiger partial charge in [-0.1, -0.05) is 41.5 Å². The first-order valence-electron chi connectivity index (χ1n) is 14.7. The summed E-state index contributed by atoms with van der Waals surface area (Å²) in [7, 11) is 0. The molecular weight excluding hydrogens is 464 g/mol. The maximum absolute atomic E-state index is 14.5. The Morgan fingerprint density at radius 2 is 1.59 bits per heavy atom. The van der Waals surface area contributed by atoms with Gasteiger partial charge >= 0.3 is 11.9 Å². The zero-order valence-electron chi connectivity index (χ0n) is 24.2.